The first kappa shape index (κ1) is 23.2. The number of benzene rings is 2. The quantitative estimate of drug-likeness (QED) is 0.337. The normalized spacial score (nSPS) is 13.2. The van der Waals surface area contributed by atoms with Crippen LogP contribution in [0.5, 0.6) is 0 Å². The minimum atomic E-state index is -0.258. The van der Waals surface area contributed by atoms with Crippen molar-refractivity contribution in [1.82, 2.24) is 0 Å². The number of anilines is 4. The van der Waals surface area contributed by atoms with Crippen molar-refractivity contribution in [3.63, 3.8) is 0 Å². The van der Waals surface area contributed by atoms with Gasteiger partial charge in [-0.05, 0) is 60.7 Å². The van der Waals surface area contributed by atoms with Crippen LogP contribution < -0.4 is 15.5 Å². The second-order valence-electron chi connectivity index (χ2n) is 7.17. The predicted molar refractivity (Wildman–Crippen MR) is 125 cm³/mol. The van der Waals surface area contributed by atoms with Crippen molar-refractivity contribution >= 4 is 39.9 Å². The molecule has 0 aliphatic heterocycles. The first-order valence-electron chi connectivity index (χ1n) is 10.4. The second kappa shape index (κ2) is 11.2. The number of allylic oxidation sites excluding steroid dienone is 4. The minimum Gasteiger partial charge on any atom is -0.395 e. The fourth-order valence-electron chi connectivity index (χ4n) is 3.43. The molecule has 0 heterocycles. The number of carbonyl (C=O) groups is 2. The summed E-state index contributed by atoms with van der Waals surface area (Å²) in [5, 5.41) is 33.9. The lowest BCUT2D eigenvalue weighted by Gasteiger charge is -2.23. The molecule has 1 aliphatic rings. The van der Waals surface area contributed by atoms with Gasteiger partial charge in [0.2, 0.25) is 0 Å². The highest BCUT2D eigenvalue weighted by Crippen LogP contribution is 2.32. The standard InChI is InChI=1S/C24H27N3O5/c28-12-9-25-18-3-7-23(21(15-18)22-16-20(31)6-8-24(22)32)26-17-1-4-19(5-2-17)27(10-13-29)11-14-30/h1-8,15-16,25-26,28-30H,9-14H2. The van der Waals surface area contributed by atoms with E-state index in [0.29, 0.717) is 42.1 Å². The molecule has 0 amide bonds. The first-order chi connectivity index (χ1) is 15.5. The highest BCUT2D eigenvalue weighted by Gasteiger charge is 2.19. The average Bonchev–Trinajstić information content (AvgIpc) is 2.80. The molecule has 168 valence electrons. The molecular weight excluding hydrogens is 410 g/mol. The zero-order valence-corrected chi connectivity index (χ0v) is 17.6. The molecule has 0 spiro atoms. The molecule has 2 aromatic carbocycles. The van der Waals surface area contributed by atoms with Crippen LogP contribution in [0.1, 0.15) is 5.56 Å². The smallest absolute Gasteiger partial charge is 0.186 e. The Morgan fingerprint density at radius 3 is 2.16 bits per heavy atom. The molecule has 8 nitrogen and oxygen atoms in total. The summed E-state index contributed by atoms with van der Waals surface area (Å²) in [6.45, 7) is 1.12. The van der Waals surface area contributed by atoms with Crippen LogP contribution in [-0.4, -0.2) is 66.3 Å². The topological polar surface area (TPSA) is 122 Å². The molecular formula is C24H27N3O5. The van der Waals surface area contributed by atoms with Crippen molar-refractivity contribution in [3.8, 4) is 0 Å². The van der Waals surface area contributed by atoms with Gasteiger partial charge in [0.05, 0.1) is 19.8 Å². The van der Waals surface area contributed by atoms with Gasteiger partial charge >= 0.3 is 0 Å². The summed E-state index contributed by atoms with van der Waals surface area (Å²) in [5.41, 5.74) is 3.86. The van der Waals surface area contributed by atoms with Gasteiger partial charge in [-0.2, -0.15) is 0 Å². The molecule has 1 aliphatic carbocycles. The zero-order valence-electron chi connectivity index (χ0n) is 17.6. The predicted octanol–water partition coefficient (Wildman–Crippen LogP) is 1.72. The number of nitrogens with zero attached hydrogens (tertiary/aromatic N) is 1. The van der Waals surface area contributed by atoms with Crippen molar-refractivity contribution < 1.29 is 24.9 Å². The van der Waals surface area contributed by atoms with Gasteiger partial charge in [-0.3, -0.25) is 9.59 Å². The van der Waals surface area contributed by atoms with Crippen LogP contribution in [0.2, 0.25) is 0 Å². The van der Waals surface area contributed by atoms with Gasteiger partial charge in [-0.25, -0.2) is 0 Å². The van der Waals surface area contributed by atoms with Crippen molar-refractivity contribution in [2.24, 2.45) is 0 Å². The summed E-state index contributed by atoms with van der Waals surface area (Å²) in [6, 6.07) is 12.9. The molecule has 0 radical (unpaired) electrons. The highest BCUT2D eigenvalue weighted by molar-refractivity contribution is 6.34. The van der Waals surface area contributed by atoms with Gasteiger partial charge in [0, 0.05) is 53.5 Å². The number of hydrogen-bond acceptors (Lipinski definition) is 8. The van der Waals surface area contributed by atoms with E-state index in [1.54, 1.807) is 6.07 Å². The molecule has 0 bridgehead atoms. The summed E-state index contributed by atoms with van der Waals surface area (Å²) < 4.78 is 0. The summed E-state index contributed by atoms with van der Waals surface area (Å²) in [6.07, 6.45) is 3.83. The van der Waals surface area contributed by atoms with Gasteiger partial charge in [-0.15, -0.1) is 0 Å². The van der Waals surface area contributed by atoms with Crippen LogP contribution in [0.15, 0.2) is 60.7 Å². The van der Waals surface area contributed by atoms with Crippen LogP contribution in [0, 0.1) is 0 Å². The maximum Gasteiger partial charge on any atom is 0.186 e. The number of carbonyl (C=O) groups excluding carboxylic acids is 2. The van der Waals surface area contributed by atoms with E-state index in [-0.39, 0.29) is 31.4 Å². The Morgan fingerprint density at radius 2 is 1.50 bits per heavy atom. The SMILES string of the molecule is O=C1C=CC(=O)C(c2cc(NCCO)ccc2Nc2ccc(N(CCO)CCO)cc2)=C1. The van der Waals surface area contributed by atoms with E-state index in [9.17, 15) is 19.8 Å². The molecule has 0 saturated heterocycles. The Kier molecular flexibility index (Phi) is 8.15. The largest absolute Gasteiger partial charge is 0.395 e. The van der Waals surface area contributed by atoms with Crippen molar-refractivity contribution in [1.29, 1.82) is 0 Å². The Balaban J connectivity index is 1.90. The van der Waals surface area contributed by atoms with Crippen LogP contribution in [0.25, 0.3) is 5.57 Å². The minimum absolute atomic E-state index is 0.0175. The van der Waals surface area contributed by atoms with E-state index in [4.69, 9.17) is 5.11 Å². The number of ketones is 2. The third-order valence-corrected chi connectivity index (χ3v) is 4.95. The zero-order chi connectivity index (χ0) is 22.9. The molecule has 8 heteroatoms. The van der Waals surface area contributed by atoms with E-state index < -0.39 is 0 Å². The fraction of sp³-hybridized carbons (Fsp3) is 0.250. The number of rotatable bonds is 11. The van der Waals surface area contributed by atoms with Crippen molar-refractivity contribution in [2.75, 3.05) is 55.0 Å². The lowest BCUT2D eigenvalue weighted by Crippen LogP contribution is -2.29. The van der Waals surface area contributed by atoms with Gasteiger partial charge in [0.15, 0.2) is 11.6 Å². The number of aliphatic hydroxyl groups excluding tert-OH is 3. The molecule has 0 aromatic heterocycles. The van der Waals surface area contributed by atoms with Crippen molar-refractivity contribution in [2.45, 2.75) is 0 Å². The van der Waals surface area contributed by atoms with E-state index >= 15 is 0 Å². The first-order valence-corrected chi connectivity index (χ1v) is 10.4. The summed E-state index contributed by atoms with van der Waals surface area (Å²) in [4.78, 5) is 26.2. The maximum atomic E-state index is 12.5. The summed E-state index contributed by atoms with van der Waals surface area (Å²) in [7, 11) is 0. The Morgan fingerprint density at radius 1 is 0.812 bits per heavy atom. The average molecular weight is 437 g/mol. The van der Waals surface area contributed by atoms with Gasteiger partial charge < -0.3 is 30.9 Å². The molecule has 0 unspecified atom stereocenters. The number of aliphatic hydroxyl groups is 3. The molecule has 0 fully saturated rings. The second-order valence-corrected chi connectivity index (χ2v) is 7.17. The monoisotopic (exact) mass is 437 g/mol. The van der Waals surface area contributed by atoms with Gasteiger partial charge in [0.25, 0.3) is 0 Å². The van der Waals surface area contributed by atoms with E-state index in [2.05, 4.69) is 10.6 Å². The van der Waals surface area contributed by atoms with Crippen molar-refractivity contribution in [3.05, 3.63) is 66.3 Å². The third-order valence-electron chi connectivity index (χ3n) is 4.95. The van der Waals surface area contributed by atoms with E-state index in [1.165, 1.54) is 18.2 Å². The van der Waals surface area contributed by atoms with Crippen LogP contribution in [0.3, 0.4) is 0 Å². The molecule has 5 N–H and O–H groups in total. The number of hydrogen-bond donors (Lipinski definition) is 5. The van der Waals surface area contributed by atoms with Gasteiger partial charge in [0.1, 0.15) is 0 Å². The van der Waals surface area contributed by atoms with Gasteiger partial charge in [-0.1, -0.05) is 0 Å². The molecule has 32 heavy (non-hydrogen) atoms. The lowest BCUT2D eigenvalue weighted by molar-refractivity contribution is -0.113. The van der Waals surface area contributed by atoms with E-state index in [0.717, 1.165) is 11.4 Å². The number of nitrogens with one attached hydrogen (secondary N) is 2. The Bertz CT molecular complexity index is 1010. The molecule has 0 atom stereocenters. The fourth-order valence-corrected chi connectivity index (χ4v) is 3.43. The molecule has 3 rings (SSSR count). The Labute approximate surface area is 186 Å². The van der Waals surface area contributed by atoms with Crippen LogP contribution >= 0.6 is 0 Å². The lowest BCUT2D eigenvalue weighted by atomic mass is 9.94. The Hall–Kier alpha value is -3.46. The summed E-state index contributed by atoms with van der Waals surface area (Å²) >= 11 is 0. The van der Waals surface area contributed by atoms with E-state index in [1.807, 2.05) is 41.3 Å². The van der Waals surface area contributed by atoms with Crippen LogP contribution in [-0.2, 0) is 9.59 Å². The van der Waals surface area contributed by atoms with Crippen LogP contribution in [0.4, 0.5) is 22.7 Å². The maximum absolute atomic E-state index is 12.5. The molecule has 2 aromatic rings. The molecule has 0 saturated carbocycles. The highest BCUT2D eigenvalue weighted by atomic mass is 16.3. The summed E-state index contributed by atoms with van der Waals surface area (Å²) in [5.74, 6) is -0.512. The third kappa shape index (κ3) is 5.82.